The molecule has 1 aliphatic rings. The first-order chi connectivity index (χ1) is 10.1. The molecule has 0 radical (unpaired) electrons. The summed E-state index contributed by atoms with van der Waals surface area (Å²) in [6.45, 7) is 9.30. The van der Waals surface area contributed by atoms with Crippen molar-refractivity contribution in [2.75, 3.05) is 36.4 Å². The van der Waals surface area contributed by atoms with E-state index in [-0.39, 0.29) is 5.91 Å². The molecule has 2 heterocycles. The van der Waals surface area contributed by atoms with Crippen LogP contribution in [0.5, 0.6) is 0 Å². The van der Waals surface area contributed by atoms with E-state index in [4.69, 9.17) is 0 Å². The van der Waals surface area contributed by atoms with Gasteiger partial charge in [-0.05, 0) is 32.6 Å². The zero-order valence-corrected chi connectivity index (χ0v) is 13.1. The Hall–Kier alpha value is -1.85. The molecule has 1 amide bonds. The summed E-state index contributed by atoms with van der Waals surface area (Å²) < 4.78 is 0. The van der Waals surface area contributed by atoms with Crippen molar-refractivity contribution in [3.63, 3.8) is 0 Å². The Bertz CT molecular complexity index is 483. The van der Waals surface area contributed by atoms with E-state index in [2.05, 4.69) is 39.3 Å². The lowest BCUT2D eigenvalue weighted by Crippen LogP contribution is -2.39. The quantitative estimate of drug-likeness (QED) is 0.862. The Morgan fingerprint density at radius 2 is 2.10 bits per heavy atom. The van der Waals surface area contributed by atoms with Crippen LogP contribution in [0.15, 0.2) is 6.33 Å². The van der Waals surface area contributed by atoms with Crippen LogP contribution in [0.4, 0.5) is 11.6 Å². The summed E-state index contributed by atoms with van der Waals surface area (Å²) >= 11 is 0. The van der Waals surface area contributed by atoms with Gasteiger partial charge in [0.25, 0.3) is 0 Å². The highest BCUT2D eigenvalue weighted by atomic mass is 16.1. The van der Waals surface area contributed by atoms with Crippen LogP contribution in [-0.2, 0) is 4.79 Å². The second-order valence-electron chi connectivity index (χ2n) is 5.57. The molecule has 0 aliphatic carbocycles. The Morgan fingerprint density at radius 1 is 1.38 bits per heavy atom. The first-order valence-electron chi connectivity index (χ1n) is 7.66. The summed E-state index contributed by atoms with van der Waals surface area (Å²) in [6, 6.07) is 0. The molecule has 0 aromatic carbocycles. The molecule has 0 spiro atoms. The molecule has 6 heteroatoms. The van der Waals surface area contributed by atoms with Gasteiger partial charge in [0.1, 0.15) is 18.0 Å². The summed E-state index contributed by atoms with van der Waals surface area (Å²) in [4.78, 5) is 22.0. The van der Waals surface area contributed by atoms with Crippen LogP contribution in [0.25, 0.3) is 0 Å². The van der Waals surface area contributed by atoms with Crippen molar-refractivity contribution in [3.05, 3.63) is 11.9 Å². The molecule has 0 unspecified atom stereocenters. The van der Waals surface area contributed by atoms with E-state index >= 15 is 0 Å². The molecule has 1 fully saturated rings. The van der Waals surface area contributed by atoms with E-state index in [1.165, 1.54) is 0 Å². The molecule has 2 rings (SSSR count). The Morgan fingerprint density at radius 3 is 2.71 bits per heavy atom. The fourth-order valence-corrected chi connectivity index (χ4v) is 2.74. The van der Waals surface area contributed by atoms with Crippen molar-refractivity contribution in [2.24, 2.45) is 5.92 Å². The predicted octanol–water partition coefficient (Wildman–Crippen LogP) is 1.57. The number of amides is 1. The minimum absolute atomic E-state index is 0.0550. The van der Waals surface area contributed by atoms with Gasteiger partial charge >= 0.3 is 0 Å². The molecule has 0 bridgehead atoms. The third-order valence-corrected chi connectivity index (χ3v) is 3.96. The topological polar surface area (TPSA) is 70.2 Å². The Kier molecular flexibility index (Phi) is 5.36. The fourth-order valence-electron chi connectivity index (χ4n) is 2.74. The van der Waals surface area contributed by atoms with Crippen molar-refractivity contribution in [3.8, 4) is 0 Å². The number of hydrogen-bond acceptors (Lipinski definition) is 5. The maximum absolute atomic E-state index is 11.0. The van der Waals surface area contributed by atoms with E-state index in [1.54, 1.807) is 13.3 Å². The molecule has 1 aliphatic heterocycles. The van der Waals surface area contributed by atoms with Crippen LogP contribution in [0, 0.1) is 12.8 Å². The number of anilines is 2. The van der Waals surface area contributed by atoms with Crippen molar-refractivity contribution in [1.82, 2.24) is 15.3 Å². The molecule has 6 nitrogen and oxygen atoms in total. The van der Waals surface area contributed by atoms with Crippen LogP contribution >= 0.6 is 0 Å². The molecule has 2 N–H and O–H groups in total. The average molecular weight is 291 g/mol. The summed E-state index contributed by atoms with van der Waals surface area (Å²) in [5, 5.41) is 6.19. The first-order valence-corrected chi connectivity index (χ1v) is 7.66. The van der Waals surface area contributed by atoms with Crippen molar-refractivity contribution >= 4 is 17.5 Å². The van der Waals surface area contributed by atoms with Crippen LogP contribution in [0.3, 0.4) is 0 Å². The largest absolute Gasteiger partial charge is 0.370 e. The first kappa shape index (κ1) is 15.5. The lowest BCUT2D eigenvalue weighted by Gasteiger charge is -2.33. The van der Waals surface area contributed by atoms with E-state index < -0.39 is 0 Å². The number of piperidine rings is 1. The number of carbonyl (C=O) groups is 1. The minimum Gasteiger partial charge on any atom is -0.370 e. The maximum Gasteiger partial charge on any atom is 0.216 e. The number of nitrogens with one attached hydrogen (secondary N) is 2. The SMILES string of the molecule is CCNc1ncnc(N2CCC(CNC(C)=O)CC2)c1C. The van der Waals surface area contributed by atoms with Gasteiger partial charge < -0.3 is 15.5 Å². The van der Waals surface area contributed by atoms with Crippen LogP contribution in [-0.4, -0.2) is 42.1 Å². The Labute approximate surface area is 126 Å². The number of rotatable bonds is 5. The fraction of sp³-hybridized carbons (Fsp3) is 0.667. The second-order valence-corrected chi connectivity index (χ2v) is 5.57. The molecule has 21 heavy (non-hydrogen) atoms. The van der Waals surface area contributed by atoms with Gasteiger partial charge in [-0.25, -0.2) is 9.97 Å². The molecule has 116 valence electrons. The monoisotopic (exact) mass is 291 g/mol. The summed E-state index contributed by atoms with van der Waals surface area (Å²) in [5.74, 6) is 2.57. The van der Waals surface area contributed by atoms with E-state index in [0.717, 1.165) is 56.2 Å². The van der Waals surface area contributed by atoms with Crippen molar-refractivity contribution < 1.29 is 4.79 Å². The lowest BCUT2D eigenvalue weighted by molar-refractivity contribution is -0.119. The van der Waals surface area contributed by atoms with Crippen LogP contribution in [0.1, 0.15) is 32.3 Å². The van der Waals surface area contributed by atoms with Gasteiger partial charge in [-0.2, -0.15) is 0 Å². The molecule has 1 saturated heterocycles. The van der Waals surface area contributed by atoms with E-state index in [0.29, 0.717) is 5.92 Å². The minimum atomic E-state index is 0.0550. The average Bonchev–Trinajstić information content (AvgIpc) is 2.48. The maximum atomic E-state index is 11.0. The highest BCUT2D eigenvalue weighted by Crippen LogP contribution is 2.26. The van der Waals surface area contributed by atoms with E-state index in [9.17, 15) is 4.79 Å². The van der Waals surface area contributed by atoms with Gasteiger partial charge in [-0.1, -0.05) is 0 Å². The van der Waals surface area contributed by atoms with Crippen molar-refractivity contribution in [1.29, 1.82) is 0 Å². The molecule has 0 saturated carbocycles. The lowest BCUT2D eigenvalue weighted by atomic mass is 9.96. The molecule has 0 atom stereocenters. The smallest absolute Gasteiger partial charge is 0.216 e. The van der Waals surface area contributed by atoms with E-state index in [1.807, 2.05) is 0 Å². The number of aromatic nitrogens is 2. The highest BCUT2D eigenvalue weighted by molar-refractivity contribution is 5.72. The molecular formula is C15H25N5O. The second kappa shape index (κ2) is 7.24. The van der Waals surface area contributed by atoms with Gasteiger partial charge in [0.05, 0.1) is 0 Å². The van der Waals surface area contributed by atoms with Gasteiger partial charge in [0.2, 0.25) is 5.91 Å². The molecular weight excluding hydrogens is 266 g/mol. The zero-order chi connectivity index (χ0) is 15.2. The summed E-state index contributed by atoms with van der Waals surface area (Å²) in [5.41, 5.74) is 1.11. The molecule has 1 aromatic heterocycles. The van der Waals surface area contributed by atoms with Gasteiger partial charge in [-0.3, -0.25) is 4.79 Å². The number of carbonyl (C=O) groups excluding carboxylic acids is 1. The number of hydrogen-bond donors (Lipinski definition) is 2. The molecule has 1 aromatic rings. The van der Waals surface area contributed by atoms with Crippen molar-refractivity contribution in [2.45, 2.75) is 33.6 Å². The van der Waals surface area contributed by atoms with Crippen LogP contribution < -0.4 is 15.5 Å². The summed E-state index contributed by atoms with van der Waals surface area (Å²) in [7, 11) is 0. The van der Waals surface area contributed by atoms with Gasteiger partial charge in [0, 0.05) is 38.7 Å². The van der Waals surface area contributed by atoms with Crippen LogP contribution in [0.2, 0.25) is 0 Å². The summed E-state index contributed by atoms with van der Waals surface area (Å²) in [6.07, 6.45) is 3.80. The number of nitrogens with zero attached hydrogens (tertiary/aromatic N) is 3. The third-order valence-electron chi connectivity index (χ3n) is 3.96. The highest BCUT2D eigenvalue weighted by Gasteiger charge is 2.22. The standard InChI is InChI=1S/C15H25N5O/c1-4-16-14-11(2)15(19-10-18-14)20-7-5-13(6-8-20)9-17-12(3)21/h10,13H,4-9H2,1-3H3,(H,17,21)(H,16,18,19). The predicted molar refractivity (Wildman–Crippen MR) is 84.6 cm³/mol. The zero-order valence-electron chi connectivity index (χ0n) is 13.1. The van der Waals surface area contributed by atoms with Gasteiger partial charge in [-0.15, -0.1) is 0 Å². The Balaban J connectivity index is 1.96. The third kappa shape index (κ3) is 4.06. The normalized spacial score (nSPS) is 15.9. The van der Waals surface area contributed by atoms with Gasteiger partial charge in [0.15, 0.2) is 0 Å².